The molecule has 0 amide bonds. The number of rotatable bonds is 9. The molecule has 0 aromatic rings. The van der Waals surface area contributed by atoms with Crippen LogP contribution in [0.4, 0.5) is 0 Å². The minimum absolute atomic E-state index is 0. The molecule has 2 saturated carbocycles. The van der Waals surface area contributed by atoms with Crippen LogP contribution >= 0.6 is 35.7 Å². The molecule has 0 bridgehead atoms. The molecule has 2 N–H and O–H groups in total. The van der Waals surface area contributed by atoms with Crippen LogP contribution in [0.15, 0.2) is 4.99 Å². The highest BCUT2D eigenvalue weighted by Crippen LogP contribution is 2.28. The number of thioether (sulfide) groups is 1. The van der Waals surface area contributed by atoms with Crippen molar-refractivity contribution in [2.75, 3.05) is 26.5 Å². The third kappa shape index (κ3) is 9.70. The van der Waals surface area contributed by atoms with Crippen molar-refractivity contribution >= 4 is 41.7 Å². The Kier molecular flexibility index (Phi) is 13.4. The zero-order valence-corrected chi connectivity index (χ0v) is 19.2. The molecular formula is C19H38IN3OS. The molecule has 2 rings (SSSR count). The predicted octanol–water partition coefficient (Wildman–Crippen LogP) is 4.57. The van der Waals surface area contributed by atoms with Crippen LogP contribution in [-0.2, 0) is 4.74 Å². The van der Waals surface area contributed by atoms with Gasteiger partial charge in [-0.2, -0.15) is 11.8 Å². The molecule has 2 aliphatic carbocycles. The van der Waals surface area contributed by atoms with Crippen LogP contribution < -0.4 is 10.6 Å². The third-order valence-electron chi connectivity index (χ3n) is 5.30. The fraction of sp³-hybridized carbons (Fsp3) is 0.947. The van der Waals surface area contributed by atoms with Gasteiger partial charge in [0.2, 0.25) is 0 Å². The number of ether oxygens (including phenoxy) is 1. The summed E-state index contributed by atoms with van der Waals surface area (Å²) in [6.45, 7) is 1.94. The lowest BCUT2D eigenvalue weighted by atomic mass is 9.98. The van der Waals surface area contributed by atoms with Crippen molar-refractivity contribution in [2.24, 2.45) is 4.99 Å². The fourth-order valence-corrected chi connectivity index (χ4v) is 4.56. The zero-order valence-electron chi connectivity index (χ0n) is 16.1. The minimum Gasteiger partial charge on any atom is -0.378 e. The van der Waals surface area contributed by atoms with E-state index in [-0.39, 0.29) is 24.0 Å². The Morgan fingerprint density at radius 1 is 1.08 bits per heavy atom. The van der Waals surface area contributed by atoms with Gasteiger partial charge in [0, 0.05) is 31.5 Å². The van der Waals surface area contributed by atoms with Crippen LogP contribution in [0.1, 0.15) is 70.6 Å². The van der Waals surface area contributed by atoms with Gasteiger partial charge < -0.3 is 15.4 Å². The maximum atomic E-state index is 5.98. The number of hydrogen-bond donors (Lipinski definition) is 2. The normalized spacial score (nSPS) is 24.8. The molecule has 0 heterocycles. The van der Waals surface area contributed by atoms with Crippen LogP contribution in [0.3, 0.4) is 0 Å². The number of unbranched alkanes of at least 4 members (excludes halogenated alkanes) is 2. The number of hydrogen-bond acceptors (Lipinski definition) is 3. The summed E-state index contributed by atoms with van der Waals surface area (Å²) in [5.41, 5.74) is 0. The maximum absolute atomic E-state index is 5.98. The molecule has 0 aromatic heterocycles. The molecule has 0 spiro atoms. The first-order valence-corrected chi connectivity index (χ1v) is 11.2. The molecule has 2 atom stereocenters. The molecule has 0 aliphatic heterocycles. The molecule has 25 heavy (non-hydrogen) atoms. The number of guanidine groups is 1. The van der Waals surface area contributed by atoms with Crippen molar-refractivity contribution in [3.63, 3.8) is 0 Å². The van der Waals surface area contributed by atoms with E-state index >= 15 is 0 Å². The molecule has 0 radical (unpaired) electrons. The van der Waals surface area contributed by atoms with Gasteiger partial charge >= 0.3 is 0 Å². The van der Waals surface area contributed by atoms with E-state index in [4.69, 9.17) is 4.74 Å². The summed E-state index contributed by atoms with van der Waals surface area (Å²) in [6.07, 6.45) is 16.9. The first-order chi connectivity index (χ1) is 11.8. The van der Waals surface area contributed by atoms with Gasteiger partial charge in [-0.05, 0) is 57.6 Å². The molecule has 6 heteroatoms. The summed E-state index contributed by atoms with van der Waals surface area (Å²) in [5.74, 6) is 0.972. The van der Waals surface area contributed by atoms with Crippen LogP contribution in [0.25, 0.3) is 0 Å². The number of aliphatic imine (C=N–C) groups is 1. The molecule has 2 fully saturated rings. The molecule has 2 unspecified atom stereocenters. The Hall–Kier alpha value is 0.310. The van der Waals surface area contributed by atoms with Gasteiger partial charge in [-0.25, -0.2) is 0 Å². The standard InChI is InChI=1S/C19H37N3OS.HI/c1-20-19(22-16-11-12-18(15-16)24-2)21-13-7-4-8-14-23-17-9-5-3-6-10-17;/h16-18H,3-15H2,1-2H3,(H2,20,21,22);1H. The fourth-order valence-electron chi connectivity index (χ4n) is 3.77. The van der Waals surface area contributed by atoms with E-state index < -0.39 is 0 Å². The molecule has 148 valence electrons. The van der Waals surface area contributed by atoms with Gasteiger partial charge in [0.15, 0.2) is 5.96 Å². The van der Waals surface area contributed by atoms with E-state index in [1.807, 2.05) is 18.8 Å². The van der Waals surface area contributed by atoms with Crippen molar-refractivity contribution in [1.82, 2.24) is 10.6 Å². The Bertz CT molecular complexity index is 365. The monoisotopic (exact) mass is 483 g/mol. The maximum Gasteiger partial charge on any atom is 0.191 e. The van der Waals surface area contributed by atoms with Crippen LogP contribution in [0, 0.1) is 0 Å². The van der Waals surface area contributed by atoms with Gasteiger partial charge in [0.25, 0.3) is 0 Å². The summed E-state index contributed by atoms with van der Waals surface area (Å²) in [4.78, 5) is 4.36. The van der Waals surface area contributed by atoms with Crippen molar-refractivity contribution in [3.8, 4) is 0 Å². The van der Waals surface area contributed by atoms with Crippen LogP contribution in [0.5, 0.6) is 0 Å². The van der Waals surface area contributed by atoms with E-state index in [0.717, 1.165) is 24.4 Å². The second kappa shape index (κ2) is 14.4. The van der Waals surface area contributed by atoms with Gasteiger partial charge in [-0.3, -0.25) is 4.99 Å². The molecule has 2 aliphatic rings. The van der Waals surface area contributed by atoms with Gasteiger partial charge in [-0.1, -0.05) is 19.3 Å². The summed E-state index contributed by atoms with van der Waals surface area (Å²) >= 11 is 2.00. The predicted molar refractivity (Wildman–Crippen MR) is 122 cm³/mol. The highest BCUT2D eigenvalue weighted by molar-refractivity contribution is 14.0. The molecule has 0 aromatic carbocycles. The largest absolute Gasteiger partial charge is 0.378 e. The second-order valence-electron chi connectivity index (χ2n) is 7.20. The summed E-state index contributed by atoms with van der Waals surface area (Å²) < 4.78 is 5.98. The van der Waals surface area contributed by atoms with Gasteiger partial charge in [0.1, 0.15) is 0 Å². The summed E-state index contributed by atoms with van der Waals surface area (Å²) in [6, 6.07) is 0.595. The van der Waals surface area contributed by atoms with E-state index in [2.05, 4.69) is 21.9 Å². The number of halogens is 1. The highest BCUT2D eigenvalue weighted by atomic mass is 127. The first kappa shape index (κ1) is 23.3. The lowest BCUT2D eigenvalue weighted by Crippen LogP contribution is -2.42. The molecule has 0 saturated heterocycles. The second-order valence-corrected chi connectivity index (χ2v) is 8.34. The van der Waals surface area contributed by atoms with Gasteiger partial charge in [0.05, 0.1) is 6.10 Å². The quantitative estimate of drug-likeness (QED) is 0.218. The van der Waals surface area contributed by atoms with E-state index in [0.29, 0.717) is 12.1 Å². The lowest BCUT2D eigenvalue weighted by Gasteiger charge is -2.22. The lowest BCUT2D eigenvalue weighted by molar-refractivity contribution is 0.0264. The summed E-state index contributed by atoms with van der Waals surface area (Å²) in [7, 11) is 1.87. The van der Waals surface area contributed by atoms with Crippen LogP contribution in [-0.4, -0.2) is 49.8 Å². The average Bonchev–Trinajstić information content (AvgIpc) is 3.08. The smallest absolute Gasteiger partial charge is 0.191 e. The topological polar surface area (TPSA) is 45.7 Å². The Morgan fingerprint density at radius 2 is 1.88 bits per heavy atom. The van der Waals surface area contributed by atoms with Crippen molar-refractivity contribution in [1.29, 1.82) is 0 Å². The van der Waals surface area contributed by atoms with E-state index in [9.17, 15) is 0 Å². The van der Waals surface area contributed by atoms with Crippen LogP contribution in [0.2, 0.25) is 0 Å². The SMILES string of the molecule is CN=C(NCCCCCOC1CCCCC1)NC1CCC(SC)C1.I. The Balaban J connectivity index is 0.00000312. The number of nitrogens with one attached hydrogen (secondary N) is 2. The van der Waals surface area contributed by atoms with Crippen molar-refractivity contribution in [3.05, 3.63) is 0 Å². The van der Waals surface area contributed by atoms with E-state index in [1.54, 1.807) is 0 Å². The Labute approximate surface area is 176 Å². The minimum atomic E-state index is 0. The van der Waals surface area contributed by atoms with Crippen molar-refractivity contribution < 1.29 is 4.74 Å². The van der Waals surface area contributed by atoms with Gasteiger partial charge in [-0.15, -0.1) is 24.0 Å². The highest BCUT2D eigenvalue weighted by Gasteiger charge is 2.24. The number of nitrogens with zero attached hydrogens (tertiary/aromatic N) is 1. The summed E-state index contributed by atoms with van der Waals surface area (Å²) in [5, 5.41) is 7.86. The van der Waals surface area contributed by atoms with E-state index in [1.165, 1.54) is 70.6 Å². The first-order valence-electron chi connectivity index (χ1n) is 9.93. The third-order valence-corrected chi connectivity index (χ3v) is 6.40. The zero-order chi connectivity index (χ0) is 17.0. The molecule has 4 nitrogen and oxygen atoms in total. The Morgan fingerprint density at radius 3 is 2.56 bits per heavy atom. The average molecular weight is 484 g/mol. The molecular weight excluding hydrogens is 445 g/mol. The van der Waals surface area contributed by atoms with Crippen molar-refractivity contribution in [2.45, 2.75) is 88.0 Å².